The highest BCUT2D eigenvalue weighted by Crippen LogP contribution is 2.35. The average Bonchev–Trinajstić information content (AvgIpc) is 3.20. The van der Waals surface area contributed by atoms with E-state index in [4.69, 9.17) is 13.9 Å². The van der Waals surface area contributed by atoms with Gasteiger partial charge in [-0.2, -0.15) is 0 Å². The van der Waals surface area contributed by atoms with Gasteiger partial charge in [0, 0.05) is 41.8 Å². The lowest BCUT2D eigenvalue weighted by Gasteiger charge is -2.20. The van der Waals surface area contributed by atoms with Crippen LogP contribution in [0.25, 0.3) is 21.9 Å². The minimum atomic E-state index is -0.931. The Balaban J connectivity index is 1.54. The highest BCUT2D eigenvalue weighted by atomic mass is 16.4. The van der Waals surface area contributed by atoms with Gasteiger partial charge in [-0.3, -0.25) is 14.4 Å². The normalized spacial score (nSPS) is 14.1. The lowest BCUT2D eigenvalue weighted by Crippen LogP contribution is -2.48. The van der Waals surface area contributed by atoms with E-state index in [1.165, 1.54) is 5.56 Å². The van der Waals surface area contributed by atoms with Crippen molar-refractivity contribution in [3.63, 3.8) is 0 Å². The molecule has 4 rings (SSSR count). The molecule has 0 fully saturated rings. The molecule has 2 heterocycles. The summed E-state index contributed by atoms with van der Waals surface area (Å²) in [6, 6.07) is 2.96. The first-order chi connectivity index (χ1) is 17.6. The molecule has 3 aromatic rings. The van der Waals surface area contributed by atoms with E-state index in [2.05, 4.69) is 10.6 Å². The van der Waals surface area contributed by atoms with Crippen molar-refractivity contribution >= 4 is 39.7 Å². The summed E-state index contributed by atoms with van der Waals surface area (Å²) >= 11 is 0. The van der Waals surface area contributed by atoms with Crippen LogP contribution in [0.5, 0.6) is 0 Å². The standard InChI is InChI=1S/C28H34N2O7/c1-15(2)11-21(27(34)29-10-6-9-26(32)33)30-25(31)13-19-16(3)18-12-20-17-7-4-5-8-22(17)36-24(20)14-23(18)37-28(19)35/h12,14-15,21H,4-11,13H2,1-3H3,(H,29,34)(H,30,31)(H,32,33). The van der Waals surface area contributed by atoms with Crippen LogP contribution in [-0.2, 0) is 33.6 Å². The van der Waals surface area contributed by atoms with E-state index in [-0.39, 0.29) is 36.8 Å². The van der Waals surface area contributed by atoms with Crippen molar-refractivity contribution in [1.29, 1.82) is 0 Å². The van der Waals surface area contributed by atoms with Crippen molar-refractivity contribution in [2.75, 3.05) is 6.54 Å². The van der Waals surface area contributed by atoms with Crippen molar-refractivity contribution in [1.82, 2.24) is 10.6 Å². The summed E-state index contributed by atoms with van der Waals surface area (Å²) in [7, 11) is 0. The largest absolute Gasteiger partial charge is 0.481 e. The number of aliphatic carboxylic acids is 1. The summed E-state index contributed by atoms with van der Waals surface area (Å²) in [6.45, 7) is 5.89. The maximum atomic E-state index is 13.0. The number of hydrogen-bond donors (Lipinski definition) is 3. The first kappa shape index (κ1) is 26.4. The Kier molecular flexibility index (Phi) is 8.00. The van der Waals surface area contributed by atoms with Crippen molar-refractivity contribution in [3.8, 4) is 0 Å². The number of furan rings is 1. The predicted molar refractivity (Wildman–Crippen MR) is 139 cm³/mol. The SMILES string of the molecule is Cc1c(CC(=O)NC(CC(C)C)C(=O)NCCCC(=O)O)c(=O)oc2cc3oc4c(c3cc12)CCCC4. The molecule has 1 aliphatic carbocycles. The summed E-state index contributed by atoms with van der Waals surface area (Å²) in [4.78, 5) is 49.2. The second-order valence-electron chi connectivity index (χ2n) is 10.3. The van der Waals surface area contributed by atoms with Gasteiger partial charge in [0.1, 0.15) is 23.0 Å². The van der Waals surface area contributed by atoms with Crippen LogP contribution in [0.4, 0.5) is 0 Å². The molecule has 0 aliphatic heterocycles. The smallest absolute Gasteiger partial charge is 0.340 e. The second kappa shape index (κ2) is 11.2. The Morgan fingerprint density at radius 2 is 1.78 bits per heavy atom. The summed E-state index contributed by atoms with van der Waals surface area (Å²) in [5, 5.41) is 16.0. The Morgan fingerprint density at radius 3 is 2.51 bits per heavy atom. The molecule has 198 valence electrons. The van der Waals surface area contributed by atoms with E-state index >= 15 is 0 Å². The summed E-state index contributed by atoms with van der Waals surface area (Å²) < 4.78 is 11.6. The van der Waals surface area contributed by atoms with Crippen LogP contribution in [0, 0.1) is 12.8 Å². The number of aryl methyl sites for hydroxylation is 3. The predicted octanol–water partition coefficient (Wildman–Crippen LogP) is 3.78. The molecule has 1 atom stereocenters. The number of rotatable bonds is 10. The minimum absolute atomic E-state index is 0.0492. The van der Waals surface area contributed by atoms with Gasteiger partial charge in [0.05, 0.1) is 12.0 Å². The number of benzene rings is 1. The molecule has 37 heavy (non-hydrogen) atoms. The summed E-state index contributed by atoms with van der Waals surface area (Å²) in [5.41, 5.74) is 2.68. The molecule has 0 spiro atoms. The van der Waals surface area contributed by atoms with Crippen LogP contribution >= 0.6 is 0 Å². The van der Waals surface area contributed by atoms with E-state index < -0.39 is 23.5 Å². The van der Waals surface area contributed by atoms with Crippen LogP contribution in [0.1, 0.15) is 68.4 Å². The summed E-state index contributed by atoms with van der Waals surface area (Å²) in [5.74, 6) is -0.636. The first-order valence-corrected chi connectivity index (χ1v) is 12.9. The molecule has 2 amide bonds. The average molecular weight is 511 g/mol. The zero-order valence-electron chi connectivity index (χ0n) is 21.6. The molecule has 3 N–H and O–H groups in total. The first-order valence-electron chi connectivity index (χ1n) is 12.9. The monoisotopic (exact) mass is 510 g/mol. The maximum absolute atomic E-state index is 13.0. The zero-order valence-corrected chi connectivity index (χ0v) is 21.6. The number of fused-ring (bicyclic) bond motifs is 4. The van der Waals surface area contributed by atoms with Gasteiger partial charge in [-0.1, -0.05) is 13.8 Å². The van der Waals surface area contributed by atoms with E-state index in [1.807, 2.05) is 19.9 Å². The van der Waals surface area contributed by atoms with Crippen LogP contribution in [0.3, 0.4) is 0 Å². The van der Waals surface area contributed by atoms with Gasteiger partial charge in [-0.05, 0) is 56.6 Å². The van der Waals surface area contributed by atoms with Crippen molar-refractivity contribution < 1.29 is 28.3 Å². The van der Waals surface area contributed by atoms with Crippen LogP contribution in [-0.4, -0.2) is 35.5 Å². The zero-order chi connectivity index (χ0) is 26.7. The fraction of sp³-hybridized carbons (Fsp3) is 0.500. The number of carbonyl (C=O) groups excluding carboxylic acids is 2. The van der Waals surface area contributed by atoms with Crippen molar-refractivity contribution in [2.45, 2.75) is 78.2 Å². The molecular weight excluding hydrogens is 476 g/mol. The highest BCUT2D eigenvalue weighted by Gasteiger charge is 2.24. The molecule has 9 nitrogen and oxygen atoms in total. The van der Waals surface area contributed by atoms with Gasteiger partial charge in [0.25, 0.3) is 0 Å². The highest BCUT2D eigenvalue weighted by molar-refractivity contribution is 5.97. The van der Waals surface area contributed by atoms with Gasteiger partial charge < -0.3 is 24.6 Å². The molecule has 1 aliphatic rings. The van der Waals surface area contributed by atoms with Gasteiger partial charge in [0.2, 0.25) is 11.8 Å². The molecule has 9 heteroatoms. The third-order valence-corrected chi connectivity index (χ3v) is 6.93. The van der Waals surface area contributed by atoms with Gasteiger partial charge in [-0.25, -0.2) is 4.79 Å². The lowest BCUT2D eigenvalue weighted by atomic mass is 9.94. The Hall–Kier alpha value is -3.62. The van der Waals surface area contributed by atoms with E-state index in [0.29, 0.717) is 29.6 Å². The summed E-state index contributed by atoms with van der Waals surface area (Å²) in [6.07, 6.45) is 4.50. The number of carboxylic acid groups (broad SMARTS) is 1. The Morgan fingerprint density at radius 1 is 1.05 bits per heavy atom. The van der Waals surface area contributed by atoms with Crippen LogP contribution in [0.15, 0.2) is 25.8 Å². The van der Waals surface area contributed by atoms with Crippen molar-refractivity contribution in [3.05, 3.63) is 45.0 Å². The van der Waals surface area contributed by atoms with E-state index in [1.54, 1.807) is 13.0 Å². The molecule has 1 aromatic carbocycles. The molecule has 0 radical (unpaired) electrons. The third kappa shape index (κ3) is 6.03. The van der Waals surface area contributed by atoms with Gasteiger partial charge in [-0.15, -0.1) is 0 Å². The van der Waals surface area contributed by atoms with Gasteiger partial charge in [0.15, 0.2) is 0 Å². The fourth-order valence-corrected chi connectivity index (χ4v) is 5.03. The van der Waals surface area contributed by atoms with Crippen molar-refractivity contribution in [2.24, 2.45) is 5.92 Å². The molecule has 1 unspecified atom stereocenters. The molecule has 2 aromatic heterocycles. The Labute approximate surface area is 214 Å². The lowest BCUT2D eigenvalue weighted by molar-refractivity contribution is -0.137. The topological polar surface area (TPSA) is 139 Å². The van der Waals surface area contributed by atoms with Crippen LogP contribution < -0.4 is 16.3 Å². The number of amides is 2. The van der Waals surface area contributed by atoms with Crippen LogP contribution in [0.2, 0.25) is 0 Å². The number of carbonyl (C=O) groups is 3. The molecule has 0 bridgehead atoms. The quantitative estimate of drug-likeness (QED) is 0.279. The third-order valence-electron chi connectivity index (χ3n) is 6.93. The Bertz CT molecular complexity index is 1400. The molecule has 0 saturated carbocycles. The van der Waals surface area contributed by atoms with E-state index in [0.717, 1.165) is 42.2 Å². The molecule has 0 saturated heterocycles. The number of hydrogen-bond acceptors (Lipinski definition) is 6. The fourth-order valence-electron chi connectivity index (χ4n) is 5.03. The van der Waals surface area contributed by atoms with Gasteiger partial charge >= 0.3 is 11.6 Å². The number of nitrogens with one attached hydrogen (secondary N) is 2. The van der Waals surface area contributed by atoms with E-state index in [9.17, 15) is 19.2 Å². The number of carboxylic acids is 1. The second-order valence-corrected chi connectivity index (χ2v) is 10.3. The molecular formula is C28H34N2O7. The maximum Gasteiger partial charge on any atom is 0.340 e. The minimum Gasteiger partial charge on any atom is -0.481 e.